The van der Waals surface area contributed by atoms with Gasteiger partial charge in [0, 0.05) is 17.8 Å². The topological polar surface area (TPSA) is 113 Å². The van der Waals surface area contributed by atoms with Crippen molar-refractivity contribution in [1.82, 2.24) is 0 Å². The number of hydrogen-bond acceptors (Lipinski definition) is 8. The van der Waals surface area contributed by atoms with Gasteiger partial charge >= 0.3 is 0 Å². The predicted octanol–water partition coefficient (Wildman–Crippen LogP) is 2.32. The largest absolute Gasteiger partial charge is 0.464 e. The maximum absolute atomic E-state index is 13.2. The summed E-state index contributed by atoms with van der Waals surface area (Å²) in [5, 5.41) is 0. The molecule has 0 aromatic rings. The SMILES string of the molecule is C[C@]12CCC(=O)C=C1CC[C@@H]1[C@@H]2[C@@H](OC=O)C[C@@]2(C)[C@H]1CC[C@]2(OC=O)C(=O)COC=O. The Kier molecular flexibility index (Phi) is 5.75. The van der Waals surface area contributed by atoms with E-state index in [4.69, 9.17) is 14.2 Å². The highest BCUT2D eigenvalue weighted by Crippen LogP contribution is 2.68. The molecule has 4 aliphatic rings. The average molecular weight is 446 g/mol. The van der Waals surface area contributed by atoms with Crippen LogP contribution >= 0.6 is 0 Å². The van der Waals surface area contributed by atoms with Crippen LogP contribution in [0.25, 0.3) is 0 Å². The van der Waals surface area contributed by atoms with Gasteiger partial charge in [-0.05, 0) is 61.9 Å². The molecule has 32 heavy (non-hydrogen) atoms. The molecule has 0 unspecified atom stereocenters. The Morgan fingerprint density at radius 2 is 1.88 bits per heavy atom. The van der Waals surface area contributed by atoms with Gasteiger partial charge in [-0.25, -0.2) is 0 Å². The number of rotatable bonds is 8. The van der Waals surface area contributed by atoms with Crippen LogP contribution < -0.4 is 0 Å². The molecule has 0 aromatic heterocycles. The van der Waals surface area contributed by atoms with Crippen molar-refractivity contribution >= 4 is 31.0 Å². The monoisotopic (exact) mass is 446 g/mol. The van der Waals surface area contributed by atoms with Gasteiger partial charge in [0.15, 0.2) is 18.0 Å². The number of hydrogen-bond donors (Lipinski definition) is 0. The molecule has 0 amide bonds. The Balaban J connectivity index is 1.77. The van der Waals surface area contributed by atoms with E-state index in [0.717, 1.165) is 18.4 Å². The van der Waals surface area contributed by atoms with E-state index in [0.29, 0.717) is 45.0 Å². The summed E-state index contributed by atoms with van der Waals surface area (Å²) in [6.45, 7) is 4.58. The van der Waals surface area contributed by atoms with Gasteiger partial charge in [-0.3, -0.25) is 24.0 Å². The summed E-state index contributed by atoms with van der Waals surface area (Å²) in [7, 11) is 0. The first-order valence-electron chi connectivity index (χ1n) is 11.3. The highest BCUT2D eigenvalue weighted by atomic mass is 16.6. The van der Waals surface area contributed by atoms with Crippen LogP contribution in [0.2, 0.25) is 0 Å². The number of allylic oxidation sites excluding steroid dienone is 1. The molecular weight excluding hydrogens is 416 g/mol. The van der Waals surface area contributed by atoms with E-state index in [1.54, 1.807) is 6.08 Å². The van der Waals surface area contributed by atoms with Crippen molar-refractivity contribution in [2.24, 2.45) is 28.6 Å². The number of carbonyl (C=O) groups excluding carboxylic acids is 5. The van der Waals surface area contributed by atoms with E-state index in [2.05, 4.69) is 6.92 Å². The van der Waals surface area contributed by atoms with Crippen LogP contribution in [0.3, 0.4) is 0 Å². The second-order valence-corrected chi connectivity index (χ2v) is 10.2. The molecule has 174 valence electrons. The number of Topliss-reactive ketones (excluding diaryl/α,β-unsaturated/α-hetero) is 1. The number of ketones is 2. The van der Waals surface area contributed by atoms with Crippen LogP contribution in [0.15, 0.2) is 11.6 Å². The van der Waals surface area contributed by atoms with E-state index in [1.165, 1.54) is 0 Å². The number of fused-ring (bicyclic) bond motifs is 5. The second kappa shape index (κ2) is 8.12. The maximum atomic E-state index is 13.2. The minimum atomic E-state index is -1.43. The van der Waals surface area contributed by atoms with Crippen molar-refractivity contribution in [3.05, 3.63) is 11.6 Å². The van der Waals surface area contributed by atoms with Crippen molar-refractivity contribution in [2.75, 3.05) is 6.61 Å². The zero-order valence-corrected chi connectivity index (χ0v) is 18.5. The van der Waals surface area contributed by atoms with Gasteiger partial charge in [0.05, 0.1) is 0 Å². The normalized spacial score (nSPS) is 42.4. The standard InChI is InChI=1S/C24H30O8/c1-22-7-5-16(28)9-15(22)3-4-17-18-6-8-24(32-14-27,20(29)11-30-12-25)23(18,2)10-19(21(17)22)31-13-26/h9,12-14,17-19,21H,3-8,10-11H2,1-2H3/t17-,18-,19-,21+,22-,23-,24-/m0/s1. The van der Waals surface area contributed by atoms with Crippen LogP contribution in [-0.2, 0) is 38.2 Å². The van der Waals surface area contributed by atoms with Gasteiger partial charge in [0.1, 0.15) is 6.10 Å². The zero-order chi connectivity index (χ0) is 23.1. The summed E-state index contributed by atoms with van der Waals surface area (Å²) in [5.74, 6) is -0.0753. The summed E-state index contributed by atoms with van der Waals surface area (Å²) in [4.78, 5) is 59.0. The van der Waals surface area contributed by atoms with Crippen molar-refractivity contribution < 1.29 is 38.2 Å². The van der Waals surface area contributed by atoms with Gasteiger partial charge in [0.25, 0.3) is 19.4 Å². The van der Waals surface area contributed by atoms with Gasteiger partial charge in [-0.15, -0.1) is 0 Å². The van der Waals surface area contributed by atoms with E-state index in [-0.39, 0.29) is 35.4 Å². The fourth-order valence-corrected chi connectivity index (χ4v) is 7.86. The molecule has 0 saturated heterocycles. The minimum Gasteiger partial charge on any atom is -0.464 e. The second-order valence-electron chi connectivity index (χ2n) is 10.2. The number of carbonyl (C=O) groups is 5. The zero-order valence-electron chi connectivity index (χ0n) is 18.5. The van der Waals surface area contributed by atoms with E-state index in [1.807, 2.05) is 6.92 Å². The fraction of sp³-hybridized carbons (Fsp3) is 0.708. The van der Waals surface area contributed by atoms with E-state index in [9.17, 15) is 24.0 Å². The molecule has 0 bridgehead atoms. The molecule has 0 radical (unpaired) electrons. The summed E-state index contributed by atoms with van der Waals surface area (Å²) in [5.41, 5.74) is -1.33. The van der Waals surface area contributed by atoms with Crippen molar-refractivity contribution in [3.8, 4) is 0 Å². The molecule has 3 saturated carbocycles. The molecule has 3 fully saturated rings. The first kappa shape index (κ1) is 22.7. The smallest absolute Gasteiger partial charge is 0.294 e. The summed E-state index contributed by atoms with van der Waals surface area (Å²) in [6, 6.07) is 0. The molecule has 4 aliphatic carbocycles. The molecular formula is C24H30O8. The van der Waals surface area contributed by atoms with Gasteiger partial charge in [-0.1, -0.05) is 19.4 Å². The van der Waals surface area contributed by atoms with Crippen LogP contribution in [-0.4, -0.2) is 49.3 Å². The first-order chi connectivity index (χ1) is 15.3. The highest BCUT2D eigenvalue weighted by molar-refractivity contribution is 5.92. The molecule has 4 rings (SSSR count). The molecule has 0 aromatic carbocycles. The maximum Gasteiger partial charge on any atom is 0.294 e. The first-order valence-corrected chi connectivity index (χ1v) is 11.3. The lowest BCUT2D eigenvalue weighted by Gasteiger charge is -2.60. The van der Waals surface area contributed by atoms with Crippen molar-refractivity contribution in [3.63, 3.8) is 0 Å². The molecule has 8 nitrogen and oxygen atoms in total. The van der Waals surface area contributed by atoms with Gasteiger partial charge in [0.2, 0.25) is 5.78 Å². The van der Waals surface area contributed by atoms with Crippen LogP contribution in [0, 0.1) is 28.6 Å². The van der Waals surface area contributed by atoms with Gasteiger partial charge in [-0.2, -0.15) is 0 Å². The Labute approximate surface area is 187 Å². The summed E-state index contributed by atoms with van der Waals surface area (Å²) >= 11 is 0. The third-order valence-electron chi connectivity index (χ3n) is 9.21. The van der Waals surface area contributed by atoms with Gasteiger partial charge < -0.3 is 14.2 Å². The molecule has 7 atom stereocenters. The molecule has 8 heteroatoms. The molecule has 0 heterocycles. The summed E-state index contributed by atoms with van der Waals surface area (Å²) < 4.78 is 15.9. The quantitative estimate of drug-likeness (QED) is 0.412. The molecule has 0 spiro atoms. The third kappa shape index (κ3) is 3.05. The lowest BCUT2D eigenvalue weighted by atomic mass is 9.45. The fourth-order valence-electron chi connectivity index (χ4n) is 7.86. The van der Waals surface area contributed by atoms with E-state index < -0.39 is 29.5 Å². The van der Waals surface area contributed by atoms with Crippen molar-refractivity contribution in [2.45, 2.75) is 70.5 Å². The average Bonchev–Trinajstić information content (AvgIpc) is 3.05. The van der Waals surface area contributed by atoms with Crippen molar-refractivity contribution in [1.29, 1.82) is 0 Å². The Morgan fingerprint density at radius 3 is 2.56 bits per heavy atom. The summed E-state index contributed by atoms with van der Waals surface area (Å²) in [6.07, 6.45) is 5.45. The predicted molar refractivity (Wildman–Crippen MR) is 110 cm³/mol. The lowest BCUT2D eigenvalue weighted by molar-refractivity contribution is -0.200. The molecule has 0 N–H and O–H groups in total. The Hall–Kier alpha value is -2.51. The minimum absolute atomic E-state index is 0.0206. The number of ether oxygens (including phenoxy) is 3. The Morgan fingerprint density at radius 1 is 1.09 bits per heavy atom. The highest BCUT2D eigenvalue weighted by Gasteiger charge is 2.70. The van der Waals surface area contributed by atoms with Crippen LogP contribution in [0.1, 0.15) is 58.8 Å². The third-order valence-corrected chi connectivity index (χ3v) is 9.21. The Bertz CT molecular complexity index is 864. The van der Waals surface area contributed by atoms with Crippen LogP contribution in [0.5, 0.6) is 0 Å². The van der Waals surface area contributed by atoms with Crippen LogP contribution in [0.4, 0.5) is 0 Å². The van der Waals surface area contributed by atoms with E-state index >= 15 is 0 Å². The molecule has 0 aliphatic heterocycles. The lowest BCUT2D eigenvalue weighted by Crippen LogP contribution is -2.63.